The SMILES string of the molecule is CS(=O)(=O)c1ccc(CNC(=O)C2CCC(Cc3nc4ccccc4[nH]3)CC2)cc1. The molecule has 0 saturated heterocycles. The van der Waals surface area contributed by atoms with Crippen LogP contribution in [-0.4, -0.2) is 30.5 Å². The second-order valence-corrected chi connectivity index (χ2v) is 10.3. The Bertz CT molecular complexity index is 1090. The first-order valence-corrected chi connectivity index (χ1v) is 12.3. The molecule has 1 amide bonds. The Morgan fingerprint density at radius 1 is 1.07 bits per heavy atom. The molecule has 0 radical (unpaired) electrons. The Labute approximate surface area is 177 Å². The van der Waals surface area contributed by atoms with Gasteiger partial charge in [0.05, 0.1) is 15.9 Å². The molecular weight excluding hydrogens is 398 g/mol. The largest absolute Gasteiger partial charge is 0.352 e. The Morgan fingerprint density at radius 3 is 2.43 bits per heavy atom. The number of hydrogen-bond acceptors (Lipinski definition) is 4. The van der Waals surface area contributed by atoms with Crippen molar-refractivity contribution in [1.82, 2.24) is 15.3 Å². The molecule has 1 heterocycles. The number of para-hydroxylation sites is 2. The first-order chi connectivity index (χ1) is 14.4. The summed E-state index contributed by atoms with van der Waals surface area (Å²) in [6.45, 7) is 0.418. The highest BCUT2D eigenvalue weighted by Gasteiger charge is 2.26. The lowest BCUT2D eigenvalue weighted by Crippen LogP contribution is -2.33. The zero-order chi connectivity index (χ0) is 21.1. The second-order valence-electron chi connectivity index (χ2n) is 8.26. The fraction of sp³-hybridized carbons (Fsp3) is 0.391. The molecule has 0 aliphatic heterocycles. The van der Waals surface area contributed by atoms with E-state index in [1.165, 1.54) is 6.26 Å². The van der Waals surface area contributed by atoms with E-state index in [0.717, 1.165) is 54.5 Å². The van der Waals surface area contributed by atoms with Crippen molar-refractivity contribution in [2.45, 2.75) is 43.5 Å². The summed E-state index contributed by atoms with van der Waals surface area (Å²) < 4.78 is 23.1. The summed E-state index contributed by atoms with van der Waals surface area (Å²) in [5.74, 6) is 1.72. The highest BCUT2D eigenvalue weighted by atomic mass is 32.2. The van der Waals surface area contributed by atoms with Crippen LogP contribution in [0.25, 0.3) is 11.0 Å². The highest BCUT2D eigenvalue weighted by Crippen LogP contribution is 2.31. The van der Waals surface area contributed by atoms with Crippen LogP contribution in [-0.2, 0) is 27.6 Å². The van der Waals surface area contributed by atoms with Crippen LogP contribution in [0.1, 0.15) is 37.1 Å². The summed E-state index contributed by atoms with van der Waals surface area (Å²) in [5.41, 5.74) is 2.98. The number of aromatic nitrogens is 2. The number of nitrogens with one attached hydrogen (secondary N) is 2. The third-order valence-corrected chi connectivity index (χ3v) is 7.08. The van der Waals surface area contributed by atoms with E-state index in [1.807, 2.05) is 24.3 Å². The molecule has 158 valence electrons. The Kier molecular flexibility index (Phi) is 5.90. The molecule has 7 heteroatoms. The van der Waals surface area contributed by atoms with Crippen molar-refractivity contribution in [3.8, 4) is 0 Å². The number of H-pyrrole nitrogens is 1. The van der Waals surface area contributed by atoms with Crippen molar-refractivity contribution in [3.63, 3.8) is 0 Å². The highest BCUT2D eigenvalue weighted by molar-refractivity contribution is 7.90. The normalized spacial score (nSPS) is 19.6. The van der Waals surface area contributed by atoms with Crippen molar-refractivity contribution in [2.24, 2.45) is 11.8 Å². The number of fused-ring (bicyclic) bond motifs is 1. The molecular formula is C23H27N3O3S. The van der Waals surface area contributed by atoms with Gasteiger partial charge in [0.1, 0.15) is 5.82 Å². The topological polar surface area (TPSA) is 91.9 Å². The van der Waals surface area contributed by atoms with Crippen molar-refractivity contribution in [3.05, 3.63) is 59.9 Å². The minimum Gasteiger partial charge on any atom is -0.352 e. The molecule has 30 heavy (non-hydrogen) atoms. The second kappa shape index (κ2) is 8.60. The van der Waals surface area contributed by atoms with Gasteiger partial charge in [-0.05, 0) is 61.4 Å². The van der Waals surface area contributed by atoms with Gasteiger partial charge in [-0.2, -0.15) is 0 Å². The predicted molar refractivity (Wildman–Crippen MR) is 117 cm³/mol. The number of nitrogens with zero attached hydrogens (tertiary/aromatic N) is 1. The van der Waals surface area contributed by atoms with E-state index in [1.54, 1.807) is 24.3 Å². The molecule has 2 N–H and O–H groups in total. The van der Waals surface area contributed by atoms with Crippen molar-refractivity contribution in [1.29, 1.82) is 0 Å². The van der Waals surface area contributed by atoms with E-state index in [0.29, 0.717) is 17.4 Å². The van der Waals surface area contributed by atoms with Gasteiger partial charge in [0.25, 0.3) is 0 Å². The van der Waals surface area contributed by atoms with Crippen LogP contribution in [0, 0.1) is 11.8 Å². The van der Waals surface area contributed by atoms with E-state index < -0.39 is 9.84 Å². The van der Waals surface area contributed by atoms with E-state index in [4.69, 9.17) is 0 Å². The number of aromatic amines is 1. The number of rotatable bonds is 6. The van der Waals surface area contributed by atoms with Gasteiger partial charge in [-0.1, -0.05) is 24.3 Å². The van der Waals surface area contributed by atoms with Crippen LogP contribution in [0.3, 0.4) is 0 Å². The zero-order valence-electron chi connectivity index (χ0n) is 17.1. The minimum atomic E-state index is -3.20. The number of hydrogen-bond donors (Lipinski definition) is 2. The smallest absolute Gasteiger partial charge is 0.223 e. The molecule has 3 aromatic rings. The lowest BCUT2D eigenvalue weighted by Gasteiger charge is -2.27. The van der Waals surface area contributed by atoms with E-state index in [-0.39, 0.29) is 11.8 Å². The third kappa shape index (κ3) is 4.90. The monoisotopic (exact) mass is 425 g/mol. The third-order valence-electron chi connectivity index (χ3n) is 5.96. The number of carbonyl (C=O) groups is 1. The maximum absolute atomic E-state index is 12.6. The van der Waals surface area contributed by atoms with Gasteiger partial charge in [-0.25, -0.2) is 13.4 Å². The van der Waals surface area contributed by atoms with Gasteiger partial charge in [-0.15, -0.1) is 0 Å². The van der Waals surface area contributed by atoms with Gasteiger partial charge in [0, 0.05) is 25.1 Å². The van der Waals surface area contributed by atoms with Crippen LogP contribution >= 0.6 is 0 Å². The number of sulfone groups is 1. The molecule has 1 fully saturated rings. The maximum atomic E-state index is 12.6. The number of benzene rings is 2. The molecule has 1 aromatic heterocycles. The van der Waals surface area contributed by atoms with Crippen molar-refractivity contribution in [2.75, 3.05) is 6.26 Å². The van der Waals surface area contributed by atoms with Crippen molar-refractivity contribution < 1.29 is 13.2 Å². The predicted octanol–water partition coefficient (Wildman–Crippen LogP) is 3.63. The maximum Gasteiger partial charge on any atom is 0.223 e. The lowest BCUT2D eigenvalue weighted by molar-refractivity contribution is -0.126. The van der Waals surface area contributed by atoms with Crippen molar-refractivity contribution >= 4 is 26.8 Å². The summed E-state index contributed by atoms with van der Waals surface area (Å²) in [5, 5.41) is 3.00. The van der Waals surface area contributed by atoms with Gasteiger partial charge in [0.2, 0.25) is 5.91 Å². The summed E-state index contributed by atoms with van der Waals surface area (Å²) in [6.07, 6.45) is 5.95. The molecule has 2 aromatic carbocycles. The Hall–Kier alpha value is -2.67. The summed E-state index contributed by atoms with van der Waals surface area (Å²) in [6, 6.07) is 14.7. The fourth-order valence-corrected chi connectivity index (χ4v) is 4.82. The molecule has 0 bridgehead atoms. The molecule has 0 spiro atoms. The first kappa shape index (κ1) is 20.6. The lowest BCUT2D eigenvalue weighted by atomic mass is 9.80. The summed E-state index contributed by atoms with van der Waals surface area (Å²) in [4.78, 5) is 20.9. The van der Waals surface area contributed by atoms with E-state index >= 15 is 0 Å². The van der Waals surface area contributed by atoms with Crippen LogP contribution in [0.4, 0.5) is 0 Å². The molecule has 1 saturated carbocycles. The van der Waals surface area contributed by atoms with Gasteiger partial charge >= 0.3 is 0 Å². The summed E-state index contributed by atoms with van der Waals surface area (Å²) in [7, 11) is -3.20. The average Bonchev–Trinajstić information content (AvgIpc) is 3.14. The van der Waals surface area contributed by atoms with Crippen LogP contribution < -0.4 is 5.32 Å². The van der Waals surface area contributed by atoms with Gasteiger partial charge in [-0.3, -0.25) is 4.79 Å². The number of carbonyl (C=O) groups excluding carboxylic acids is 1. The minimum absolute atomic E-state index is 0.0483. The molecule has 1 aliphatic rings. The molecule has 0 unspecified atom stereocenters. The van der Waals surface area contributed by atoms with Gasteiger partial charge in [0.15, 0.2) is 9.84 Å². The number of imidazole rings is 1. The number of amides is 1. The van der Waals surface area contributed by atoms with Crippen LogP contribution in [0.15, 0.2) is 53.4 Å². The Morgan fingerprint density at radius 2 is 1.77 bits per heavy atom. The molecule has 0 atom stereocenters. The quantitative estimate of drug-likeness (QED) is 0.631. The fourth-order valence-electron chi connectivity index (χ4n) is 4.19. The van der Waals surface area contributed by atoms with E-state index in [9.17, 15) is 13.2 Å². The first-order valence-electron chi connectivity index (χ1n) is 10.4. The summed E-state index contributed by atoms with van der Waals surface area (Å²) >= 11 is 0. The van der Waals surface area contributed by atoms with Crippen LogP contribution in [0.5, 0.6) is 0 Å². The van der Waals surface area contributed by atoms with Crippen LogP contribution in [0.2, 0.25) is 0 Å². The average molecular weight is 426 g/mol. The Balaban J connectivity index is 1.25. The molecule has 4 rings (SSSR count). The molecule has 6 nitrogen and oxygen atoms in total. The zero-order valence-corrected chi connectivity index (χ0v) is 17.9. The van der Waals surface area contributed by atoms with E-state index in [2.05, 4.69) is 15.3 Å². The van der Waals surface area contributed by atoms with Gasteiger partial charge < -0.3 is 10.3 Å². The molecule has 1 aliphatic carbocycles. The standard InChI is InChI=1S/C23H27N3O3S/c1-30(28,29)19-12-8-17(9-13-19)15-24-23(27)18-10-6-16(7-11-18)14-22-25-20-4-2-3-5-21(20)26-22/h2-5,8-9,12-13,16,18H,6-7,10-11,14-15H2,1H3,(H,24,27)(H,25,26).